The van der Waals surface area contributed by atoms with Crippen LogP contribution in [0.25, 0.3) is 60.9 Å². The molecule has 4 nitrogen and oxygen atoms in total. The standard InChI is InChI=1S/C31H18N4/c1-2-6-20-17(5-1)14-23-21(20)10-9-18-13-19-15-25-24(16-22(19)28(18)23)29-26(7-3-11-32-29)35-27-8-4-12-33-30(27)34-31(25)35/h1-12,15-16H,13-14H2. The summed E-state index contributed by atoms with van der Waals surface area (Å²) in [5.74, 6) is 0. The van der Waals surface area contributed by atoms with Gasteiger partial charge in [0, 0.05) is 23.2 Å². The van der Waals surface area contributed by atoms with Crippen LogP contribution in [0.5, 0.6) is 0 Å². The number of rotatable bonds is 0. The summed E-state index contributed by atoms with van der Waals surface area (Å²) in [4.78, 5) is 14.4. The van der Waals surface area contributed by atoms with Gasteiger partial charge in [-0.15, -0.1) is 0 Å². The van der Waals surface area contributed by atoms with Crippen molar-refractivity contribution < 1.29 is 0 Å². The van der Waals surface area contributed by atoms with Crippen molar-refractivity contribution >= 4 is 38.6 Å². The summed E-state index contributed by atoms with van der Waals surface area (Å²) in [5, 5.41) is 2.30. The van der Waals surface area contributed by atoms with Gasteiger partial charge in [0.05, 0.1) is 16.6 Å². The molecular weight excluding hydrogens is 428 g/mol. The third kappa shape index (κ3) is 2.15. The summed E-state index contributed by atoms with van der Waals surface area (Å²) in [6.07, 6.45) is 5.65. The van der Waals surface area contributed by atoms with Crippen LogP contribution in [-0.2, 0) is 12.8 Å². The van der Waals surface area contributed by atoms with E-state index in [4.69, 9.17) is 9.97 Å². The van der Waals surface area contributed by atoms with Crippen LogP contribution in [0.4, 0.5) is 0 Å². The molecule has 0 spiro atoms. The van der Waals surface area contributed by atoms with Crippen molar-refractivity contribution in [1.82, 2.24) is 19.4 Å². The fraction of sp³-hybridized carbons (Fsp3) is 0.0645. The number of aromatic nitrogens is 4. The zero-order valence-corrected chi connectivity index (χ0v) is 18.8. The van der Waals surface area contributed by atoms with Crippen molar-refractivity contribution in [2.45, 2.75) is 12.8 Å². The smallest absolute Gasteiger partial charge is 0.178 e. The van der Waals surface area contributed by atoms with Crippen molar-refractivity contribution in [3.63, 3.8) is 0 Å². The Morgan fingerprint density at radius 3 is 2.49 bits per heavy atom. The number of hydrogen-bond donors (Lipinski definition) is 0. The minimum Gasteiger partial charge on any atom is -0.288 e. The molecule has 0 fully saturated rings. The summed E-state index contributed by atoms with van der Waals surface area (Å²) in [7, 11) is 0. The van der Waals surface area contributed by atoms with Gasteiger partial charge >= 0.3 is 0 Å². The van der Waals surface area contributed by atoms with Crippen LogP contribution >= 0.6 is 0 Å². The second-order valence-corrected chi connectivity index (χ2v) is 9.68. The Morgan fingerprint density at radius 1 is 0.629 bits per heavy atom. The van der Waals surface area contributed by atoms with Gasteiger partial charge in [-0.3, -0.25) is 9.38 Å². The van der Waals surface area contributed by atoms with E-state index < -0.39 is 0 Å². The fourth-order valence-corrected chi connectivity index (χ4v) is 6.48. The summed E-state index contributed by atoms with van der Waals surface area (Å²) < 4.78 is 2.22. The Morgan fingerprint density at radius 2 is 1.51 bits per heavy atom. The first kappa shape index (κ1) is 17.8. The molecule has 2 aliphatic rings. The van der Waals surface area contributed by atoms with Crippen LogP contribution in [0.15, 0.2) is 85.2 Å². The number of hydrogen-bond acceptors (Lipinski definition) is 3. The highest BCUT2D eigenvalue weighted by molar-refractivity contribution is 6.14. The monoisotopic (exact) mass is 446 g/mol. The molecule has 0 aliphatic heterocycles. The first-order chi connectivity index (χ1) is 17.3. The van der Waals surface area contributed by atoms with E-state index in [1.165, 1.54) is 44.5 Å². The molecular formula is C31H18N4. The molecule has 0 N–H and O–H groups in total. The lowest BCUT2D eigenvalue weighted by molar-refractivity contribution is 1.23. The van der Waals surface area contributed by atoms with Crippen molar-refractivity contribution in [3.05, 3.63) is 107 Å². The van der Waals surface area contributed by atoms with Crippen molar-refractivity contribution in [1.29, 1.82) is 0 Å². The minimum atomic E-state index is 0.768. The van der Waals surface area contributed by atoms with E-state index in [0.29, 0.717) is 0 Å². The van der Waals surface area contributed by atoms with Gasteiger partial charge in [0.1, 0.15) is 5.65 Å². The quantitative estimate of drug-likeness (QED) is 0.243. The summed E-state index contributed by atoms with van der Waals surface area (Å²) in [6, 6.07) is 26.4. The minimum absolute atomic E-state index is 0.768. The maximum Gasteiger partial charge on any atom is 0.178 e. The molecule has 0 bridgehead atoms. The lowest BCUT2D eigenvalue weighted by Gasteiger charge is -2.12. The Bertz CT molecular complexity index is 2070. The molecule has 3 aromatic carbocycles. The van der Waals surface area contributed by atoms with Crippen LogP contribution in [0.1, 0.15) is 22.3 Å². The number of imidazole rings is 1. The maximum absolute atomic E-state index is 4.98. The highest BCUT2D eigenvalue weighted by Gasteiger charge is 2.29. The van der Waals surface area contributed by atoms with Crippen LogP contribution in [0, 0.1) is 0 Å². The molecule has 9 rings (SSSR count). The van der Waals surface area contributed by atoms with Gasteiger partial charge in [-0.1, -0.05) is 36.4 Å². The van der Waals surface area contributed by atoms with Gasteiger partial charge < -0.3 is 0 Å². The van der Waals surface area contributed by atoms with Gasteiger partial charge in [0.15, 0.2) is 5.65 Å². The molecule has 4 heterocycles. The van der Waals surface area contributed by atoms with Gasteiger partial charge in [-0.25, -0.2) is 9.97 Å². The lowest BCUT2D eigenvalue weighted by Crippen LogP contribution is -1.94. The lowest BCUT2D eigenvalue weighted by atomic mass is 9.94. The van der Waals surface area contributed by atoms with E-state index in [-0.39, 0.29) is 0 Å². The Labute approximate surface area is 200 Å². The molecule has 0 amide bonds. The zero-order chi connectivity index (χ0) is 22.7. The average Bonchev–Trinajstić information content (AvgIpc) is 3.58. The predicted octanol–water partition coefficient (Wildman–Crippen LogP) is 6.73. The third-order valence-corrected chi connectivity index (χ3v) is 7.92. The van der Waals surface area contributed by atoms with E-state index in [9.17, 15) is 0 Å². The molecule has 0 saturated heterocycles. The summed E-state index contributed by atoms with van der Waals surface area (Å²) >= 11 is 0. The van der Waals surface area contributed by atoms with Gasteiger partial charge in [0.25, 0.3) is 0 Å². The van der Waals surface area contributed by atoms with Crippen LogP contribution in [-0.4, -0.2) is 19.4 Å². The molecule has 4 heteroatoms. The Hall–Kier alpha value is -4.57. The van der Waals surface area contributed by atoms with Gasteiger partial charge in [-0.2, -0.15) is 0 Å². The normalized spacial score (nSPS) is 13.5. The third-order valence-electron chi connectivity index (χ3n) is 7.92. The molecule has 0 unspecified atom stereocenters. The van der Waals surface area contributed by atoms with Gasteiger partial charge in [0.2, 0.25) is 0 Å². The second kappa shape index (κ2) is 6.10. The first-order valence-corrected chi connectivity index (χ1v) is 12.0. The molecule has 162 valence electrons. The SMILES string of the molecule is c1ccc2c(c1)Cc1c-2ccc2c1-c1cc3c(cc1C2)c1nc2ncccc2n1c1cccnc31. The number of fused-ring (bicyclic) bond motifs is 15. The summed E-state index contributed by atoms with van der Waals surface area (Å²) in [5.41, 5.74) is 16.0. The molecule has 35 heavy (non-hydrogen) atoms. The van der Waals surface area contributed by atoms with Gasteiger partial charge in [-0.05, 0) is 93.7 Å². The van der Waals surface area contributed by atoms with Crippen molar-refractivity contribution in [3.8, 4) is 22.3 Å². The molecule has 2 aliphatic carbocycles. The zero-order valence-electron chi connectivity index (χ0n) is 18.8. The second-order valence-electron chi connectivity index (χ2n) is 9.68. The average molecular weight is 447 g/mol. The summed E-state index contributed by atoms with van der Waals surface area (Å²) in [6.45, 7) is 0. The predicted molar refractivity (Wildman–Crippen MR) is 140 cm³/mol. The Balaban J connectivity index is 1.41. The van der Waals surface area contributed by atoms with Crippen LogP contribution < -0.4 is 0 Å². The van der Waals surface area contributed by atoms with E-state index >= 15 is 0 Å². The highest BCUT2D eigenvalue weighted by atomic mass is 15.1. The number of benzene rings is 3. The molecule has 0 atom stereocenters. The maximum atomic E-state index is 4.98. The van der Waals surface area contributed by atoms with E-state index in [1.54, 1.807) is 0 Å². The topological polar surface area (TPSA) is 43.1 Å². The number of nitrogens with zero attached hydrogens (tertiary/aromatic N) is 4. The largest absolute Gasteiger partial charge is 0.288 e. The molecule has 7 aromatic rings. The van der Waals surface area contributed by atoms with E-state index in [2.05, 4.69) is 70.0 Å². The van der Waals surface area contributed by atoms with Crippen molar-refractivity contribution in [2.24, 2.45) is 0 Å². The van der Waals surface area contributed by atoms with E-state index in [0.717, 1.165) is 51.5 Å². The molecule has 0 saturated carbocycles. The fourth-order valence-electron chi connectivity index (χ4n) is 6.48. The molecule has 4 aromatic heterocycles. The molecule has 0 radical (unpaired) electrons. The number of pyridine rings is 3. The Kier molecular flexibility index (Phi) is 3.11. The first-order valence-electron chi connectivity index (χ1n) is 12.0. The van der Waals surface area contributed by atoms with Crippen molar-refractivity contribution in [2.75, 3.05) is 0 Å². The van der Waals surface area contributed by atoms with E-state index in [1.807, 2.05) is 24.5 Å². The van der Waals surface area contributed by atoms with Crippen LogP contribution in [0.3, 0.4) is 0 Å². The highest BCUT2D eigenvalue weighted by Crippen LogP contribution is 2.49. The van der Waals surface area contributed by atoms with Crippen LogP contribution in [0.2, 0.25) is 0 Å².